The second-order valence-electron chi connectivity index (χ2n) is 5.93. The molecule has 6 heteroatoms. The van der Waals surface area contributed by atoms with Crippen LogP contribution in [0.2, 0.25) is 0 Å². The number of carbonyl (C=O) groups excluding carboxylic acids is 2. The fourth-order valence-electron chi connectivity index (χ4n) is 2.66. The molecule has 0 bridgehead atoms. The third-order valence-electron chi connectivity index (χ3n) is 4.08. The molecule has 0 aliphatic rings. The molecule has 0 atom stereocenters. The SMILES string of the molecule is CCn1nnc2cc(C(=O)OCC(=O)c3cc(C)ccc3C)ccc21. The van der Waals surface area contributed by atoms with Gasteiger partial charge in [0.1, 0.15) is 5.52 Å². The van der Waals surface area contributed by atoms with Crippen molar-refractivity contribution in [3.63, 3.8) is 0 Å². The van der Waals surface area contributed by atoms with Crippen molar-refractivity contribution in [2.75, 3.05) is 6.61 Å². The molecule has 0 amide bonds. The zero-order chi connectivity index (χ0) is 18.0. The quantitative estimate of drug-likeness (QED) is 0.528. The van der Waals surface area contributed by atoms with Crippen LogP contribution in [-0.4, -0.2) is 33.4 Å². The monoisotopic (exact) mass is 337 g/mol. The number of aryl methyl sites for hydroxylation is 3. The Balaban J connectivity index is 1.72. The van der Waals surface area contributed by atoms with E-state index in [1.807, 2.05) is 32.9 Å². The van der Waals surface area contributed by atoms with E-state index in [0.29, 0.717) is 23.2 Å². The molecule has 3 rings (SSSR count). The van der Waals surface area contributed by atoms with Crippen LogP contribution in [0.3, 0.4) is 0 Å². The molecule has 0 N–H and O–H groups in total. The van der Waals surface area contributed by atoms with Crippen molar-refractivity contribution in [3.05, 3.63) is 58.7 Å². The highest BCUT2D eigenvalue weighted by molar-refractivity contribution is 6.01. The number of carbonyl (C=O) groups is 2. The number of aromatic nitrogens is 3. The molecule has 0 saturated carbocycles. The molecule has 1 aromatic heterocycles. The first-order valence-corrected chi connectivity index (χ1v) is 8.10. The summed E-state index contributed by atoms with van der Waals surface area (Å²) in [5.41, 5.74) is 4.26. The molecule has 0 fully saturated rings. The molecule has 0 radical (unpaired) electrons. The zero-order valence-electron chi connectivity index (χ0n) is 14.4. The lowest BCUT2D eigenvalue weighted by atomic mass is 10.0. The van der Waals surface area contributed by atoms with Crippen LogP contribution >= 0.6 is 0 Å². The Labute approximate surface area is 145 Å². The second kappa shape index (κ2) is 6.84. The van der Waals surface area contributed by atoms with Crippen LogP contribution in [0.4, 0.5) is 0 Å². The van der Waals surface area contributed by atoms with E-state index in [-0.39, 0.29) is 12.4 Å². The van der Waals surface area contributed by atoms with Crippen molar-refractivity contribution in [2.24, 2.45) is 0 Å². The van der Waals surface area contributed by atoms with Crippen LogP contribution in [0.5, 0.6) is 0 Å². The van der Waals surface area contributed by atoms with E-state index in [2.05, 4.69) is 10.3 Å². The second-order valence-corrected chi connectivity index (χ2v) is 5.93. The number of hydrogen-bond acceptors (Lipinski definition) is 5. The van der Waals surface area contributed by atoms with Gasteiger partial charge in [-0.2, -0.15) is 0 Å². The number of Topliss-reactive ketones (excluding diaryl/α,β-unsaturated/α-hetero) is 1. The summed E-state index contributed by atoms with van der Waals surface area (Å²) in [6, 6.07) is 10.7. The molecule has 0 aliphatic heterocycles. The fourth-order valence-corrected chi connectivity index (χ4v) is 2.66. The Morgan fingerprint density at radius 2 is 1.92 bits per heavy atom. The smallest absolute Gasteiger partial charge is 0.338 e. The number of rotatable bonds is 5. The summed E-state index contributed by atoms with van der Waals surface area (Å²) in [5.74, 6) is -0.765. The van der Waals surface area contributed by atoms with E-state index >= 15 is 0 Å². The van der Waals surface area contributed by atoms with E-state index in [0.717, 1.165) is 16.6 Å². The lowest BCUT2D eigenvalue weighted by Crippen LogP contribution is -2.15. The largest absolute Gasteiger partial charge is 0.454 e. The van der Waals surface area contributed by atoms with Crippen molar-refractivity contribution in [1.29, 1.82) is 0 Å². The van der Waals surface area contributed by atoms with Crippen LogP contribution in [0.1, 0.15) is 38.8 Å². The van der Waals surface area contributed by atoms with Gasteiger partial charge in [-0.3, -0.25) is 4.79 Å². The Morgan fingerprint density at radius 3 is 2.68 bits per heavy atom. The number of ether oxygens (including phenoxy) is 1. The first kappa shape index (κ1) is 16.8. The third kappa shape index (κ3) is 3.42. The van der Waals surface area contributed by atoms with Gasteiger partial charge >= 0.3 is 5.97 Å². The molecule has 0 aliphatic carbocycles. The Morgan fingerprint density at radius 1 is 1.12 bits per heavy atom. The van der Waals surface area contributed by atoms with Gasteiger partial charge in [-0.1, -0.05) is 22.9 Å². The predicted octanol–water partition coefficient (Wildman–Crippen LogP) is 3.11. The molecule has 3 aromatic rings. The summed E-state index contributed by atoms with van der Waals surface area (Å²) in [5, 5.41) is 8.04. The molecule has 25 heavy (non-hydrogen) atoms. The van der Waals surface area contributed by atoms with Crippen LogP contribution in [0, 0.1) is 13.8 Å². The first-order chi connectivity index (χ1) is 12.0. The van der Waals surface area contributed by atoms with Crippen LogP contribution in [0.15, 0.2) is 36.4 Å². The van der Waals surface area contributed by atoms with E-state index in [4.69, 9.17) is 4.74 Å². The van der Waals surface area contributed by atoms with E-state index < -0.39 is 5.97 Å². The highest BCUT2D eigenvalue weighted by Gasteiger charge is 2.15. The van der Waals surface area contributed by atoms with Gasteiger partial charge in [0, 0.05) is 12.1 Å². The number of hydrogen-bond donors (Lipinski definition) is 0. The molecule has 2 aromatic carbocycles. The van der Waals surface area contributed by atoms with Gasteiger partial charge in [-0.15, -0.1) is 5.10 Å². The third-order valence-corrected chi connectivity index (χ3v) is 4.08. The topological polar surface area (TPSA) is 74.1 Å². The molecule has 6 nitrogen and oxygen atoms in total. The summed E-state index contributed by atoms with van der Waals surface area (Å²) < 4.78 is 6.92. The standard InChI is InChI=1S/C19H19N3O3/c1-4-22-17-8-7-14(10-16(17)20-21-22)19(24)25-11-18(23)15-9-12(2)5-6-13(15)3/h5-10H,4,11H2,1-3H3. The molecule has 0 unspecified atom stereocenters. The number of benzene rings is 2. The minimum atomic E-state index is -0.549. The Hall–Kier alpha value is -3.02. The van der Waals surface area contributed by atoms with Crippen LogP contribution in [-0.2, 0) is 11.3 Å². The summed E-state index contributed by atoms with van der Waals surface area (Å²) in [4.78, 5) is 24.5. The molecule has 1 heterocycles. The van der Waals surface area contributed by atoms with Crippen molar-refractivity contribution >= 4 is 22.8 Å². The average molecular weight is 337 g/mol. The van der Waals surface area contributed by atoms with E-state index in [9.17, 15) is 9.59 Å². The highest BCUT2D eigenvalue weighted by Crippen LogP contribution is 2.15. The number of esters is 1. The lowest BCUT2D eigenvalue weighted by Gasteiger charge is -2.07. The summed E-state index contributed by atoms with van der Waals surface area (Å²) >= 11 is 0. The van der Waals surface area contributed by atoms with Gasteiger partial charge in [-0.05, 0) is 50.6 Å². The highest BCUT2D eigenvalue weighted by atomic mass is 16.5. The van der Waals surface area contributed by atoms with Crippen molar-refractivity contribution < 1.29 is 14.3 Å². The van der Waals surface area contributed by atoms with Crippen LogP contribution in [0.25, 0.3) is 11.0 Å². The number of ketones is 1. The minimum absolute atomic E-state index is 0.215. The lowest BCUT2D eigenvalue weighted by molar-refractivity contribution is 0.0474. The van der Waals surface area contributed by atoms with Gasteiger partial charge in [0.25, 0.3) is 0 Å². The van der Waals surface area contributed by atoms with Crippen LogP contribution < -0.4 is 0 Å². The zero-order valence-corrected chi connectivity index (χ0v) is 14.4. The van der Waals surface area contributed by atoms with Gasteiger partial charge in [0.15, 0.2) is 6.61 Å². The molecule has 0 spiro atoms. The van der Waals surface area contributed by atoms with Gasteiger partial charge in [0.2, 0.25) is 5.78 Å². The van der Waals surface area contributed by atoms with Gasteiger partial charge in [-0.25, -0.2) is 9.48 Å². The Bertz CT molecular complexity index is 960. The first-order valence-electron chi connectivity index (χ1n) is 8.10. The van der Waals surface area contributed by atoms with Crippen molar-refractivity contribution in [2.45, 2.75) is 27.3 Å². The van der Waals surface area contributed by atoms with E-state index in [1.54, 1.807) is 28.9 Å². The fraction of sp³-hybridized carbons (Fsp3) is 0.263. The van der Waals surface area contributed by atoms with Crippen molar-refractivity contribution in [3.8, 4) is 0 Å². The van der Waals surface area contributed by atoms with E-state index in [1.165, 1.54) is 0 Å². The minimum Gasteiger partial charge on any atom is -0.454 e. The predicted molar refractivity (Wildman–Crippen MR) is 93.7 cm³/mol. The maximum atomic E-state index is 12.3. The number of nitrogens with zero attached hydrogens (tertiary/aromatic N) is 3. The normalized spacial score (nSPS) is 10.8. The molecular formula is C19H19N3O3. The summed E-state index contributed by atoms with van der Waals surface area (Å²) in [6.07, 6.45) is 0. The average Bonchev–Trinajstić information content (AvgIpc) is 3.03. The van der Waals surface area contributed by atoms with Gasteiger partial charge in [0.05, 0.1) is 11.1 Å². The summed E-state index contributed by atoms with van der Waals surface area (Å²) in [6.45, 7) is 6.16. The molecule has 0 saturated heterocycles. The van der Waals surface area contributed by atoms with Crippen molar-refractivity contribution in [1.82, 2.24) is 15.0 Å². The molecule has 128 valence electrons. The Kier molecular flexibility index (Phi) is 4.61. The molecular weight excluding hydrogens is 318 g/mol. The maximum Gasteiger partial charge on any atom is 0.338 e. The maximum absolute atomic E-state index is 12.3. The number of fused-ring (bicyclic) bond motifs is 1. The van der Waals surface area contributed by atoms with Gasteiger partial charge < -0.3 is 4.74 Å². The summed E-state index contributed by atoms with van der Waals surface area (Å²) in [7, 11) is 0.